The SMILES string of the molecule is O=C(NCc1cccc(F)c1)C(Br)CCBr. The second-order valence-corrected chi connectivity index (χ2v) is 5.19. The first kappa shape index (κ1) is 13.6. The molecule has 0 saturated carbocycles. The van der Waals surface area contributed by atoms with Crippen molar-refractivity contribution in [2.75, 3.05) is 5.33 Å². The van der Waals surface area contributed by atoms with Crippen LogP contribution in [0.1, 0.15) is 12.0 Å². The van der Waals surface area contributed by atoms with Crippen molar-refractivity contribution in [1.29, 1.82) is 0 Å². The van der Waals surface area contributed by atoms with Gasteiger partial charge in [0.1, 0.15) is 5.82 Å². The summed E-state index contributed by atoms with van der Waals surface area (Å²) < 4.78 is 12.8. The minimum absolute atomic E-state index is 0.0799. The van der Waals surface area contributed by atoms with Gasteiger partial charge in [0, 0.05) is 11.9 Å². The minimum Gasteiger partial charge on any atom is -0.351 e. The van der Waals surface area contributed by atoms with Gasteiger partial charge in [0.05, 0.1) is 4.83 Å². The van der Waals surface area contributed by atoms with Gasteiger partial charge in [-0.15, -0.1) is 0 Å². The molecule has 5 heteroatoms. The number of rotatable bonds is 5. The molecule has 1 unspecified atom stereocenters. The topological polar surface area (TPSA) is 29.1 Å². The summed E-state index contributed by atoms with van der Waals surface area (Å²) in [7, 11) is 0. The van der Waals surface area contributed by atoms with E-state index < -0.39 is 0 Å². The van der Waals surface area contributed by atoms with Gasteiger partial charge in [-0.25, -0.2) is 4.39 Å². The molecule has 0 heterocycles. The van der Waals surface area contributed by atoms with Crippen molar-refractivity contribution in [3.63, 3.8) is 0 Å². The molecule has 0 aromatic heterocycles. The summed E-state index contributed by atoms with van der Waals surface area (Å²) >= 11 is 6.54. The highest BCUT2D eigenvalue weighted by molar-refractivity contribution is 9.10. The van der Waals surface area contributed by atoms with Crippen LogP contribution in [-0.2, 0) is 11.3 Å². The van der Waals surface area contributed by atoms with Crippen molar-refractivity contribution in [2.24, 2.45) is 0 Å². The highest BCUT2D eigenvalue weighted by Gasteiger charge is 2.12. The van der Waals surface area contributed by atoms with Gasteiger partial charge in [-0.3, -0.25) is 4.79 Å². The number of hydrogen-bond donors (Lipinski definition) is 1. The molecule has 0 bridgehead atoms. The molecular weight excluding hydrogens is 341 g/mol. The van der Waals surface area contributed by atoms with Gasteiger partial charge in [0.25, 0.3) is 0 Å². The van der Waals surface area contributed by atoms with Gasteiger partial charge in [0.15, 0.2) is 0 Å². The number of carbonyl (C=O) groups is 1. The van der Waals surface area contributed by atoms with Crippen LogP contribution in [0.4, 0.5) is 4.39 Å². The summed E-state index contributed by atoms with van der Waals surface area (Å²) in [6, 6.07) is 6.19. The highest BCUT2D eigenvalue weighted by atomic mass is 79.9. The van der Waals surface area contributed by atoms with Gasteiger partial charge in [-0.05, 0) is 24.1 Å². The molecule has 0 aliphatic rings. The van der Waals surface area contributed by atoms with Crippen LogP contribution in [-0.4, -0.2) is 16.1 Å². The smallest absolute Gasteiger partial charge is 0.234 e. The van der Waals surface area contributed by atoms with E-state index >= 15 is 0 Å². The summed E-state index contributed by atoms with van der Waals surface area (Å²) in [5.74, 6) is -0.369. The Hall–Kier alpha value is -0.420. The minimum atomic E-state index is -0.289. The fourth-order valence-corrected chi connectivity index (χ4v) is 2.64. The van der Waals surface area contributed by atoms with E-state index in [-0.39, 0.29) is 16.6 Å². The molecule has 1 amide bonds. The van der Waals surface area contributed by atoms with Crippen LogP contribution < -0.4 is 5.32 Å². The molecule has 1 rings (SSSR count). The summed E-state index contributed by atoms with van der Waals surface area (Å²) in [5, 5.41) is 3.50. The van der Waals surface area contributed by atoms with E-state index in [1.165, 1.54) is 12.1 Å². The van der Waals surface area contributed by atoms with Crippen molar-refractivity contribution in [3.05, 3.63) is 35.6 Å². The zero-order valence-electron chi connectivity index (χ0n) is 8.55. The lowest BCUT2D eigenvalue weighted by Gasteiger charge is -2.09. The molecule has 1 aromatic rings. The summed E-state index contributed by atoms with van der Waals surface area (Å²) in [4.78, 5) is 11.3. The average molecular weight is 353 g/mol. The van der Waals surface area contributed by atoms with Crippen LogP contribution >= 0.6 is 31.9 Å². The Kier molecular flexibility index (Phi) is 5.98. The van der Waals surface area contributed by atoms with Crippen LogP contribution in [0.5, 0.6) is 0 Å². The number of benzene rings is 1. The second-order valence-electron chi connectivity index (χ2n) is 3.29. The lowest BCUT2D eigenvalue weighted by atomic mass is 10.2. The summed E-state index contributed by atoms with van der Waals surface area (Å²) in [6.07, 6.45) is 0.717. The molecule has 16 heavy (non-hydrogen) atoms. The Bertz CT molecular complexity index is 360. The van der Waals surface area contributed by atoms with E-state index in [2.05, 4.69) is 37.2 Å². The fraction of sp³-hybridized carbons (Fsp3) is 0.364. The van der Waals surface area contributed by atoms with Crippen molar-refractivity contribution in [3.8, 4) is 0 Å². The molecule has 0 aliphatic carbocycles. The number of nitrogens with one attached hydrogen (secondary N) is 1. The summed E-state index contributed by atoms with van der Waals surface area (Å²) in [5.41, 5.74) is 0.756. The number of hydrogen-bond acceptors (Lipinski definition) is 1. The van der Waals surface area contributed by atoms with Gasteiger partial charge in [-0.1, -0.05) is 44.0 Å². The van der Waals surface area contributed by atoms with Crippen LogP contribution in [0.15, 0.2) is 24.3 Å². The Morgan fingerprint density at radius 2 is 2.25 bits per heavy atom. The normalized spacial score (nSPS) is 12.2. The molecule has 0 radical (unpaired) electrons. The lowest BCUT2D eigenvalue weighted by molar-refractivity contribution is -0.120. The monoisotopic (exact) mass is 351 g/mol. The molecule has 0 aliphatic heterocycles. The van der Waals surface area contributed by atoms with Crippen molar-refractivity contribution in [2.45, 2.75) is 17.8 Å². The first-order chi connectivity index (χ1) is 7.63. The maximum absolute atomic E-state index is 12.8. The number of halogens is 3. The third-order valence-electron chi connectivity index (χ3n) is 2.00. The van der Waals surface area contributed by atoms with Crippen LogP contribution in [0.25, 0.3) is 0 Å². The molecule has 0 spiro atoms. The molecule has 0 saturated heterocycles. The molecule has 1 atom stereocenters. The zero-order chi connectivity index (χ0) is 12.0. The van der Waals surface area contributed by atoms with Crippen LogP contribution in [0.2, 0.25) is 0 Å². The van der Waals surface area contributed by atoms with E-state index in [0.29, 0.717) is 6.54 Å². The molecule has 88 valence electrons. The second kappa shape index (κ2) is 7.01. The number of amides is 1. The third kappa shape index (κ3) is 4.61. The highest BCUT2D eigenvalue weighted by Crippen LogP contribution is 2.08. The number of alkyl halides is 2. The van der Waals surface area contributed by atoms with Gasteiger partial charge in [0.2, 0.25) is 5.91 Å². The van der Waals surface area contributed by atoms with Gasteiger partial charge in [-0.2, -0.15) is 0 Å². The standard InChI is InChI=1S/C11H12Br2FNO/c12-5-4-10(13)11(16)15-7-8-2-1-3-9(14)6-8/h1-3,6,10H,4-5,7H2,(H,15,16). The first-order valence-corrected chi connectivity index (χ1v) is 6.89. The largest absolute Gasteiger partial charge is 0.351 e. The number of carbonyl (C=O) groups excluding carboxylic acids is 1. The van der Waals surface area contributed by atoms with Crippen molar-refractivity contribution >= 4 is 37.8 Å². The van der Waals surface area contributed by atoms with E-state index in [4.69, 9.17) is 0 Å². The predicted octanol–water partition coefficient (Wildman–Crippen LogP) is 2.99. The maximum atomic E-state index is 12.8. The van der Waals surface area contributed by atoms with Crippen molar-refractivity contribution in [1.82, 2.24) is 5.32 Å². The van der Waals surface area contributed by atoms with Gasteiger partial charge < -0.3 is 5.32 Å². The molecule has 1 N–H and O–H groups in total. The Morgan fingerprint density at radius 3 is 2.88 bits per heavy atom. The Balaban J connectivity index is 2.42. The van der Waals surface area contributed by atoms with Crippen LogP contribution in [0.3, 0.4) is 0 Å². The molecule has 2 nitrogen and oxygen atoms in total. The van der Waals surface area contributed by atoms with E-state index in [0.717, 1.165) is 17.3 Å². The first-order valence-electron chi connectivity index (χ1n) is 4.85. The summed E-state index contributed by atoms with van der Waals surface area (Å²) in [6.45, 7) is 0.348. The Labute approximate surface area is 111 Å². The predicted molar refractivity (Wildman–Crippen MR) is 69.4 cm³/mol. The fourth-order valence-electron chi connectivity index (χ4n) is 1.17. The van der Waals surface area contributed by atoms with Crippen molar-refractivity contribution < 1.29 is 9.18 Å². The Morgan fingerprint density at radius 1 is 1.50 bits per heavy atom. The lowest BCUT2D eigenvalue weighted by Crippen LogP contribution is -2.30. The third-order valence-corrected chi connectivity index (χ3v) is 3.33. The molecule has 1 aromatic carbocycles. The zero-order valence-corrected chi connectivity index (χ0v) is 11.7. The van der Waals surface area contributed by atoms with E-state index in [9.17, 15) is 9.18 Å². The maximum Gasteiger partial charge on any atom is 0.234 e. The average Bonchev–Trinajstić information content (AvgIpc) is 2.26. The van der Waals surface area contributed by atoms with Crippen LogP contribution in [0, 0.1) is 5.82 Å². The van der Waals surface area contributed by atoms with E-state index in [1.54, 1.807) is 12.1 Å². The molecule has 0 fully saturated rings. The van der Waals surface area contributed by atoms with Gasteiger partial charge >= 0.3 is 0 Å². The molecular formula is C11H12Br2FNO. The quantitative estimate of drug-likeness (QED) is 0.811. The van der Waals surface area contributed by atoms with E-state index in [1.807, 2.05) is 0 Å².